The molecule has 1 aromatic rings. The number of aromatic hydroxyl groups is 2. The van der Waals surface area contributed by atoms with E-state index in [4.69, 9.17) is 0 Å². The predicted octanol–water partition coefficient (Wildman–Crippen LogP) is 3.02. The molecular formula is C12H21NO2. The molecule has 0 spiro atoms. The Labute approximate surface area is 91.1 Å². The molecule has 0 saturated heterocycles. The van der Waals surface area contributed by atoms with E-state index in [-0.39, 0.29) is 22.3 Å². The standard InChI is InChI=1S/C12H21NO2/c1-11(2,3)9-7(14)8(15)10(13-9)12(4,5)6/h13-15H,1-6H3. The van der Waals surface area contributed by atoms with Gasteiger partial charge in [0.1, 0.15) is 0 Å². The van der Waals surface area contributed by atoms with Crippen molar-refractivity contribution in [3.05, 3.63) is 11.4 Å². The molecule has 3 N–H and O–H groups in total. The molecule has 3 heteroatoms. The maximum atomic E-state index is 9.84. The van der Waals surface area contributed by atoms with Gasteiger partial charge in [0.2, 0.25) is 0 Å². The van der Waals surface area contributed by atoms with Crippen molar-refractivity contribution < 1.29 is 10.2 Å². The van der Waals surface area contributed by atoms with Crippen molar-refractivity contribution in [3.63, 3.8) is 0 Å². The summed E-state index contributed by atoms with van der Waals surface area (Å²) in [6.45, 7) is 11.9. The molecule has 0 unspecified atom stereocenters. The highest BCUT2D eigenvalue weighted by Gasteiger charge is 2.30. The largest absolute Gasteiger partial charge is 0.503 e. The van der Waals surface area contributed by atoms with E-state index in [0.717, 1.165) is 0 Å². The quantitative estimate of drug-likeness (QED) is 0.618. The van der Waals surface area contributed by atoms with Crippen molar-refractivity contribution in [2.75, 3.05) is 0 Å². The molecule has 3 nitrogen and oxygen atoms in total. The lowest BCUT2D eigenvalue weighted by atomic mass is 9.92. The van der Waals surface area contributed by atoms with Crippen LogP contribution in [0.5, 0.6) is 11.5 Å². The molecule has 0 aliphatic rings. The highest BCUT2D eigenvalue weighted by Crippen LogP contribution is 2.43. The Morgan fingerprint density at radius 2 is 1.00 bits per heavy atom. The smallest absolute Gasteiger partial charge is 0.179 e. The van der Waals surface area contributed by atoms with E-state index >= 15 is 0 Å². The molecular weight excluding hydrogens is 190 g/mol. The summed E-state index contributed by atoms with van der Waals surface area (Å²) in [5.74, 6) is -0.0418. The monoisotopic (exact) mass is 211 g/mol. The highest BCUT2D eigenvalue weighted by molar-refractivity contribution is 5.51. The van der Waals surface area contributed by atoms with Crippen LogP contribution in [0, 0.1) is 0 Å². The molecule has 0 radical (unpaired) electrons. The van der Waals surface area contributed by atoms with Crippen molar-refractivity contribution in [1.82, 2.24) is 4.98 Å². The molecule has 0 amide bonds. The van der Waals surface area contributed by atoms with Gasteiger partial charge in [0, 0.05) is 10.8 Å². The SMILES string of the molecule is CC(C)(C)c1[nH]c(C(C)(C)C)c(O)c1O. The molecule has 0 aromatic carbocycles. The Balaban J connectivity index is 3.38. The van der Waals surface area contributed by atoms with E-state index in [1.807, 2.05) is 41.5 Å². The minimum Gasteiger partial charge on any atom is -0.503 e. The first kappa shape index (κ1) is 12.0. The summed E-state index contributed by atoms with van der Waals surface area (Å²) in [6, 6.07) is 0. The first-order valence-electron chi connectivity index (χ1n) is 5.20. The van der Waals surface area contributed by atoms with Crippen molar-refractivity contribution >= 4 is 0 Å². The average molecular weight is 211 g/mol. The predicted molar refractivity (Wildman–Crippen MR) is 61.5 cm³/mol. The van der Waals surface area contributed by atoms with Crippen LogP contribution < -0.4 is 0 Å². The lowest BCUT2D eigenvalue weighted by molar-refractivity contribution is 0.386. The summed E-state index contributed by atoms with van der Waals surface area (Å²) < 4.78 is 0. The van der Waals surface area contributed by atoms with Crippen molar-refractivity contribution in [3.8, 4) is 11.5 Å². The molecule has 1 heterocycles. The van der Waals surface area contributed by atoms with Crippen LogP contribution >= 0.6 is 0 Å². The van der Waals surface area contributed by atoms with Gasteiger partial charge in [-0.1, -0.05) is 41.5 Å². The van der Waals surface area contributed by atoms with Crippen molar-refractivity contribution in [2.45, 2.75) is 52.4 Å². The summed E-state index contributed by atoms with van der Waals surface area (Å²) in [6.07, 6.45) is 0. The van der Waals surface area contributed by atoms with Gasteiger partial charge in [-0.25, -0.2) is 0 Å². The Hall–Kier alpha value is -1.12. The molecule has 0 bridgehead atoms. The average Bonchev–Trinajstić information content (AvgIpc) is 2.26. The van der Waals surface area contributed by atoms with E-state index in [1.54, 1.807) is 0 Å². The second-order valence-corrected chi connectivity index (χ2v) is 6.07. The van der Waals surface area contributed by atoms with Gasteiger partial charge in [0.15, 0.2) is 11.5 Å². The lowest BCUT2D eigenvalue weighted by Crippen LogP contribution is -2.15. The molecule has 0 aliphatic carbocycles. The van der Waals surface area contributed by atoms with Gasteiger partial charge in [0.05, 0.1) is 11.4 Å². The Morgan fingerprint density at radius 3 is 1.13 bits per heavy atom. The van der Waals surface area contributed by atoms with E-state index < -0.39 is 0 Å². The first-order chi connectivity index (χ1) is 6.55. The van der Waals surface area contributed by atoms with Crippen LogP contribution in [-0.4, -0.2) is 15.2 Å². The Morgan fingerprint density at radius 1 is 0.733 bits per heavy atom. The second-order valence-electron chi connectivity index (χ2n) is 6.07. The van der Waals surface area contributed by atoms with Gasteiger partial charge in [0.25, 0.3) is 0 Å². The fourth-order valence-electron chi connectivity index (χ4n) is 1.57. The number of aromatic nitrogens is 1. The summed E-state index contributed by atoms with van der Waals surface area (Å²) in [5, 5.41) is 19.7. The molecule has 0 saturated carbocycles. The van der Waals surface area contributed by atoms with Gasteiger partial charge < -0.3 is 15.2 Å². The fourth-order valence-corrected chi connectivity index (χ4v) is 1.57. The van der Waals surface area contributed by atoms with Crippen LogP contribution in [0.2, 0.25) is 0 Å². The van der Waals surface area contributed by atoms with E-state index in [2.05, 4.69) is 4.98 Å². The third-order valence-electron chi connectivity index (χ3n) is 2.45. The van der Waals surface area contributed by atoms with Crippen LogP contribution in [0.3, 0.4) is 0 Å². The molecule has 86 valence electrons. The summed E-state index contributed by atoms with van der Waals surface area (Å²) in [5.41, 5.74) is 0.964. The van der Waals surface area contributed by atoms with Crippen LogP contribution in [-0.2, 0) is 10.8 Å². The van der Waals surface area contributed by atoms with E-state index in [1.165, 1.54) is 0 Å². The highest BCUT2D eigenvalue weighted by atomic mass is 16.3. The van der Waals surface area contributed by atoms with Gasteiger partial charge in [-0.3, -0.25) is 0 Å². The molecule has 1 aromatic heterocycles. The second kappa shape index (κ2) is 3.19. The van der Waals surface area contributed by atoms with Gasteiger partial charge in [-0.05, 0) is 0 Å². The number of nitrogens with one attached hydrogen (secondary N) is 1. The summed E-state index contributed by atoms with van der Waals surface area (Å²) in [4.78, 5) is 3.13. The van der Waals surface area contributed by atoms with Gasteiger partial charge >= 0.3 is 0 Å². The molecule has 0 aliphatic heterocycles. The van der Waals surface area contributed by atoms with Crippen LogP contribution in [0.1, 0.15) is 52.9 Å². The van der Waals surface area contributed by atoms with Crippen LogP contribution in [0.25, 0.3) is 0 Å². The van der Waals surface area contributed by atoms with Crippen molar-refractivity contribution in [1.29, 1.82) is 0 Å². The topological polar surface area (TPSA) is 56.2 Å². The van der Waals surface area contributed by atoms with Gasteiger partial charge in [-0.15, -0.1) is 0 Å². The number of hydrogen-bond donors (Lipinski definition) is 3. The molecule has 0 atom stereocenters. The van der Waals surface area contributed by atoms with E-state index in [9.17, 15) is 10.2 Å². The van der Waals surface area contributed by atoms with Gasteiger partial charge in [-0.2, -0.15) is 0 Å². The minimum absolute atomic E-state index is 0.0209. The Bertz CT molecular complexity index is 330. The minimum atomic E-state index is -0.203. The third-order valence-corrected chi connectivity index (χ3v) is 2.45. The zero-order chi connectivity index (χ0) is 12.0. The number of H-pyrrole nitrogens is 1. The fraction of sp³-hybridized carbons (Fsp3) is 0.667. The van der Waals surface area contributed by atoms with E-state index in [0.29, 0.717) is 11.4 Å². The molecule has 1 rings (SSSR count). The van der Waals surface area contributed by atoms with Crippen LogP contribution in [0.4, 0.5) is 0 Å². The third kappa shape index (κ3) is 2.11. The number of rotatable bonds is 0. The molecule has 0 fully saturated rings. The lowest BCUT2D eigenvalue weighted by Gasteiger charge is -2.19. The van der Waals surface area contributed by atoms with Crippen molar-refractivity contribution in [2.24, 2.45) is 0 Å². The summed E-state index contributed by atoms with van der Waals surface area (Å²) in [7, 11) is 0. The maximum Gasteiger partial charge on any atom is 0.179 e. The zero-order valence-corrected chi connectivity index (χ0v) is 10.4. The maximum absolute atomic E-state index is 9.84. The molecule has 15 heavy (non-hydrogen) atoms. The number of aromatic amines is 1. The Kier molecular flexibility index (Phi) is 2.54. The number of hydrogen-bond acceptors (Lipinski definition) is 2. The van der Waals surface area contributed by atoms with Crippen LogP contribution in [0.15, 0.2) is 0 Å². The first-order valence-corrected chi connectivity index (χ1v) is 5.20. The summed E-state index contributed by atoms with van der Waals surface area (Å²) >= 11 is 0. The normalized spacial score (nSPS) is 13.2. The zero-order valence-electron chi connectivity index (χ0n) is 10.4.